The Labute approximate surface area is 119 Å². The molecule has 2 atom stereocenters. The number of rotatable bonds is 4. The highest BCUT2D eigenvalue weighted by molar-refractivity contribution is 6.56. The van der Waals surface area contributed by atoms with Crippen molar-refractivity contribution in [3.8, 4) is 0 Å². The standard InChI is InChI=1S/C7HCl3F10/c8-2(9)1(11)4(13,7(18,19)20)5(14,15)3(12)6(10,16)17/h3H. The molecule has 0 aromatic heterocycles. The smallest absolute Gasteiger partial charge is 0.232 e. The Hall–Kier alpha value is -0.0900. The molecule has 0 rings (SSSR count). The SMILES string of the molecule is FC(=C(Cl)Cl)C(F)(C(F)(F)F)C(F)(F)C(F)C(F)(F)Cl. The monoisotopic (exact) mass is 380 g/mol. The van der Waals surface area contributed by atoms with Gasteiger partial charge in [0.15, 0.2) is 5.83 Å². The highest BCUT2D eigenvalue weighted by atomic mass is 35.5. The van der Waals surface area contributed by atoms with Crippen LogP contribution < -0.4 is 0 Å². The molecule has 0 aromatic carbocycles. The van der Waals surface area contributed by atoms with Crippen LogP contribution in [0.25, 0.3) is 0 Å². The normalized spacial score (nSPS) is 18.4. The summed E-state index contributed by atoms with van der Waals surface area (Å²) in [5.41, 5.74) is -6.53. The number of hydrogen-bond donors (Lipinski definition) is 0. The molecule has 0 heterocycles. The summed E-state index contributed by atoms with van der Waals surface area (Å²) in [6.07, 6.45) is -12.1. The van der Waals surface area contributed by atoms with Crippen molar-refractivity contribution in [3.63, 3.8) is 0 Å². The maximum Gasteiger partial charge on any atom is 0.435 e. The van der Waals surface area contributed by atoms with E-state index in [4.69, 9.17) is 0 Å². The molecule has 0 fully saturated rings. The van der Waals surface area contributed by atoms with Gasteiger partial charge in [-0.25, -0.2) is 13.2 Å². The van der Waals surface area contributed by atoms with Crippen molar-refractivity contribution in [3.05, 3.63) is 10.3 Å². The van der Waals surface area contributed by atoms with E-state index < -0.39 is 39.6 Å². The minimum atomic E-state index is -6.86. The van der Waals surface area contributed by atoms with Crippen LogP contribution in [0.4, 0.5) is 43.9 Å². The van der Waals surface area contributed by atoms with E-state index >= 15 is 0 Å². The topological polar surface area (TPSA) is 0 Å². The van der Waals surface area contributed by atoms with Gasteiger partial charge in [-0.2, -0.15) is 30.7 Å². The molecule has 0 aliphatic carbocycles. The van der Waals surface area contributed by atoms with Gasteiger partial charge in [0.2, 0.25) is 6.17 Å². The summed E-state index contributed by atoms with van der Waals surface area (Å²) in [5, 5.41) is -5.62. The van der Waals surface area contributed by atoms with E-state index in [1.54, 1.807) is 0 Å². The maximum atomic E-state index is 13.4. The second-order valence-corrected chi connectivity index (χ2v) is 4.71. The summed E-state index contributed by atoms with van der Waals surface area (Å²) in [4.78, 5) is 0. The van der Waals surface area contributed by atoms with Gasteiger partial charge in [-0.15, -0.1) is 0 Å². The third-order valence-electron chi connectivity index (χ3n) is 1.92. The average Bonchev–Trinajstić information content (AvgIpc) is 2.22. The van der Waals surface area contributed by atoms with Crippen LogP contribution in [0.15, 0.2) is 10.3 Å². The Kier molecular flexibility index (Phi) is 5.58. The van der Waals surface area contributed by atoms with Crippen molar-refractivity contribution in [2.75, 3.05) is 0 Å². The number of alkyl halides is 10. The fourth-order valence-corrected chi connectivity index (χ4v) is 1.37. The summed E-state index contributed by atoms with van der Waals surface area (Å²) in [5.74, 6) is -10.2. The average molecular weight is 381 g/mol. The van der Waals surface area contributed by atoms with Crippen LogP contribution in [0.1, 0.15) is 0 Å². The minimum absolute atomic E-state index is 2.28. The second-order valence-electron chi connectivity index (χ2n) is 3.26. The highest BCUT2D eigenvalue weighted by Crippen LogP contribution is 2.56. The van der Waals surface area contributed by atoms with Crippen LogP contribution in [-0.2, 0) is 0 Å². The molecule has 0 aromatic rings. The second kappa shape index (κ2) is 5.60. The maximum absolute atomic E-state index is 13.4. The Bertz CT molecular complexity index is 393. The molecule has 0 saturated carbocycles. The lowest BCUT2D eigenvalue weighted by Gasteiger charge is -2.36. The summed E-state index contributed by atoms with van der Waals surface area (Å²) >= 11 is 12.6. The van der Waals surface area contributed by atoms with E-state index in [2.05, 4.69) is 34.8 Å². The summed E-state index contributed by atoms with van der Waals surface area (Å²) in [7, 11) is 0. The molecule has 2 unspecified atom stereocenters. The van der Waals surface area contributed by atoms with E-state index in [9.17, 15) is 43.9 Å². The molecular formula is C7HCl3F10. The highest BCUT2D eigenvalue weighted by Gasteiger charge is 2.80. The van der Waals surface area contributed by atoms with Crippen LogP contribution in [0.3, 0.4) is 0 Å². The first-order chi connectivity index (χ1) is 8.51. The van der Waals surface area contributed by atoms with E-state index in [0.717, 1.165) is 0 Å². The van der Waals surface area contributed by atoms with E-state index in [-0.39, 0.29) is 0 Å². The predicted octanol–water partition coefficient (Wildman–Crippen LogP) is 5.68. The Balaban J connectivity index is 6.26. The van der Waals surface area contributed by atoms with Crippen LogP contribution in [0, 0.1) is 0 Å². The van der Waals surface area contributed by atoms with Gasteiger partial charge in [-0.05, 0) is 11.6 Å². The first-order valence-corrected chi connectivity index (χ1v) is 5.20. The zero-order valence-corrected chi connectivity index (χ0v) is 10.8. The van der Waals surface area contributed by atoms with Crippen LogP contribution in [0.5, 0.6) is 0 Å². The minimum Gasteiger partial charge on any atom is -0.232 e. The summed E-state index contributed by atoms with van der Waals surface area (Å²) in [6, 6.07) is 0. The zero-order valence-electron chi connectivity index (χ0n) is 8.49. The summed E-state index contributed by atoms with van der Waals surface area (Å²) < 4.78 is 124. The van der Waals surface area contributed by atoms with Gasteiger partial charge >= 0.3 is 23.1 Å². The Morgan fingerprint density at radius 3 is 1.40 bits per heavy atom. The van der Waals surface area contributed by atoms with Crippen molar-refractivity contribution >= 4 is 34.8 Å². The lowest BCUT2D eigenvalue weighted by molar-refractivity contribution is -0.316. The molecule has 0 nitrogen and oxygen atoms in total. The molecular weight excluding hydrogens is 380 g/mol. The number of hydrogen-bond acceptors (Lipinski definition) is 0. The molecule has 0 N–H and O–H groups in total. The zero-order chi connectivity index (χ0) is 16.7. The van der Waals surface area contributed by atoms with Crippen LogP contribution in [-0.4, -0.2) is 29.3 Å². The van der Waals surface area contributed by atoms with Crippen LogP contribution in [0.2, 0.25) is 0 Å². The molecule has 0 spiro atoms. The van der Waals surface area contributed by atoms with Gasteiger partial charge in [0.1, 0.15) is 4.49 Å². The van der Waals surface area contributed by atoms with Gasteiger partial charge in [0, 0.05) is 0 Å². The molecule has 0 amide bonds. The lowest BCUT2D eigenvalue weighted by atomic mass is 9.92. The van der Waals surface area contributed by atoms with E-state index in [1.165, 1.54) is 0 Å². The van der Waals surface area contributed by atoms with Crippen molar-refractivity contribution in [1.29, 1.82) is 0 Å². The lowest BCUT2D eigenvalue weighted by Crippen LogP contribution is -2.62. The molecule has 0 bridgehead atoms. The molecule has 0 saturated heterocycles. The van der Waals surface area contributed by atoms with Gasteiger partial charge in [-0.3, -0.25) is 0 Å². The van der Waals surface area contributed by atoms with Crippen molar-refractivity contribution in [1.82, 2.24) is 0 Å². The van der Waals surface area contributed by atoms with Gasteiger partial charge < -0.3 is 0 Å². The third-order valence-corrected chi connectivity index (χ3v) is 2.45. The first-order valence-electron chi connectivity index (χ1n) is 4.06. The molecule has 120 valence electrons. The van der Waals surface area contributed by atoms with Crippen molar-refractivity contribution in [2.24, 2.45) is 0 Å². The Morgan fingerprint density at radius 1 is 0.850 bits per heavy atom. The summed E-state index contributed by atoms with van der Waals surface area (Å²) in [6.45, 7) is 0. The molecule has 0 radical (unpaired) electrons. The van der Waals surface area contributed by atoms with Crippen molar-refractivity contribution in [2.45, 2.75) is 29.3 Å². The number of halogens is 13. The predicted molar refractivity (Wildman–Crippen MR) is 50.4 cm³/mol. The van der Waals surface area contributed by atoms with Gasteiger partial charge in [0.25, 0.3) is 0 Å². The largest absolute Gasteiger partial charge is 0.435 e. The first kappa shape index (κ1) is 19.9. The van der Waals surface area contributed by atoms with Crippen LogP contribution >= 0.6 is 34.8 Å². The molecule has 13 heteroatoms. The van der Waals surface area contributed by atoms with E-state index in [1.807, 2.05) is 0 Å². The molecule has 20 heavy (non-hydrogen) atoms. The van der Waals surface area contributed by atoms with Gasteiger partial charge in [-0.1, -0.05) is 23.2 Å². The van der Waals surface area contributed by atoms with E-state index in [0.29, 0.717) is 0 Å². The molecule has 0 aliphatic rings. The number of allylic oxidation sites excluding steroid dienone is 1. The third kappa shape index (κ3) is 3.22. The quantitative estimate of drug-likeness (QED) is 0.434. The Morgan fingerprint density at radius 2 is 1.20 bits per heavy atom. The van der Waals surface area contributed by atoms with Gasteiger partial charge in [0.05, 0.1) is 0 Å². The fraction of sp³-hybridized carbons (Fsp3) is 0.714. The molecule has 0 aliphatic heterocycles. The fourth-order valence-electron chi connectivity index (χ4n) is 0.970. The van der Waals surface area contributed by atoms with Crippen molar-refractivity contribution < 1.29 is 43.9 Å².